The highest BCUT2D eigenvalue weighted by Crippen LogP contribution is 2.22. The van der Waals surface area contributed by atoms with Gasteiger partial charge in [0.2, 0.25) is 0 Å². The second kappa shape index (κ2) is 6.78. The van der Waals surface area contributed by atoms with Gasteiger partial charge in [0, 0.05) is 21.8 Å². The fraction of sp³-hybridized carbons (Fsp3) is 0.500. The van der Waals surface area contributed by atoms with Crippen LogP contribution < -0.4 is 11.1 Å². The van der Waals surface area contributed by atoms with E-state index in [1.165, 1.54) is 0 Å². The Bertz CT molecular complexity index is 432. The smallest absolute Gasteiger partial charge is 0.251 e. The minimum atomic E-state index is -0.0518. The quantitative estimate of drug-likeness (QED) is 0.815. The van der Waals surface area contributed by atoms with E-state index in [0.29, 0.717) is 11.3 Å². The number of benzene rings is 1. The molecule has 4 heteroatoms. The molecule has 1 rings (SSSR count). The van der Waals surface area contributed by atoms with Crippen molar-refractivity contribution >= 4 is 27.5 Å². The van der Waals surface area contributed by atoms with Crippen LogP contribution in [-0.2, 0) is 0 Å². The van der Waals surface area contributed by atoms with Gasteiger partial charge in [-0.3, -0.25) is 4.79 Å². The van der Waals surface area contributed by atoms with Crippen LogP contribution in [0.5, 0.6) is 0 Å². The van der Waals surface area contributed by atoms with Crippen LogP contribution in [-0.4, -0.2) is 11.9 Å². The second-order valence-corrected chi connectivity index (χ2v) is 5.60. The van der Waals surface area contributed by atoms with Gasteiger partial charge in [0.1, 0.15) is 0 Å². The zero-order chi connectivity index (χ0) is 13.7. The van der Waals surface area contributed by atoms with Crippen LogP contribution in [0.25, 0.3) is 0 Å². The molecule has 3 nitrogen and oxygen atoms in total. The maximum atomic E-state index is 12.2. The molecule has 0 spiro atoms. The van der Waals surface area contributed by atoms with Crippen LogP contribution in [0.2, 0.25) is 0 Å². The molecule has 0 heterocycles. The van der Waals surface area contributed by atoms with Crippen molar-refractivity contribution < 1.29 is 4.79 Å². The number of hydrogen-bond acceptors (Lipinski definition) is 2. The van der Waals surface area contributed by atoms with E-state index in [-0.39, 0.29) is 11.9 Å². The lowest BCUT2D eigenvalue weighted by Gasteiger charge is -2.15. The van der Waals surface area contributed by atoms with Crippen molar-refractivity contribution in [2.24, 2.45) is 0 Å². The van der Waals surface area contributed by atoms with Gasteiger partial charge in [0.25, 0.3) is 5.91 Å². The van der Waals surface area contributed by atoms with Crippen LogP contribution >= 0.6 is 15.9 Å². The fourth-order valence-electron chi connectivity index (χ4n) is 1.82. The van der Waals surface area contributed by atoms with Crippen molar-refractivity contribution in [2.45, 2.75) is 46.1 Å². The maximum absolute atomic E-state index is 12.2. The van der Waals surface area contributed by atoms with Crippen molar-refractivity contribution in [2.75, 3.05) is 5.73 Å². The fourth-order valence-corrected chi connectivity index (χ4v) is 2.30. The molecule has 1 aromatic rings. The van der Waals surface area contributed by atoms with E-state index in [0.717, 1.165) is 29.3 Å². The molecule has 1 amide bonds. The summed E-state index contributed by atoms with van der Waals surface area (Å²) in [6, 6.07) is 3.82. The summed E-state index contributed by atoms with van der Waals surface area (Å²) in [5, 5.41) is 3.01. The largest absolute Gasteiger partial charge is 0.398 e. The molecule has 0 aliphatic rings. The Labute approximate surface area is 117 Å². The van der Waals surface area contributed by atoms with Crippen LogP contribution in [0.15, 0.2) is 16.6 Å². The van der Waals surface area contributed by atoms with Crippen molar-refractivity contribution in [3.05, 3.63) is 27.7 Å². The molecule has 0 aliphatic heterocycles. The number of unbranched alkanes of at least 4 members (excludes halogenated alkanes) is 1. The number of rotatable bonds is 5. The topological polar surface area (TPSA) is 55.1 Å². The molecule has 0 aliphatic carbocycles. The molecule has 1 atom stereocenters. The summed E-state index contributed by atoms with van der Waals surface area (Å²) in [4.78, 5) is 12.2. The molecule has 3 N–H and O–H groups in total. The number of amides is 1. The summed E-state index contributed by atoms with van der Waals surface area (Å²) >= 11 is 3.36. The molecule has 0 saturated heterocycles. The first-order valence-corrected chi connectivity index (χ1v) is 7.11. The number of nitrogen functional groups attached to an aromatic ring is 1. The highest BCUT2D eigenvalue weighted by molar-refractivity contribution is 9.10. The van der Waals surface area contributed by atoms with Gasteiger partial charge in [-0.05, 0) is 38.0 Å². The summed E-state index contributed by atoms with van der Waals surface area (Å²) in [6.07, 6.45) is 3.27. The normalized spacial score (nSPS) is 12.2. The molecule has 0 bridgehead atoms. The highest BCUT2D eigenvalue weighted by Gasteiger charge is 2.14. The van der Waals surface area contributed by atoms with Gasteiger partial charge in [-0.25, -0.2) is 0 Å². The lowest BCUT2D eigenvalue weighted by molar-refractivity contribution is 0.0937. The lowest BCUT2D eigenvalue weighted by Crippen LogP contribution is -2.33. The van der Waals surface area contributed by atoms with Crippen LogP contribution in [0.3, 0.4) is 0 Å². The zero-order valence-electron chi connectivity index (χ0n) is 11.2. The third-order valence-electron chi connectivity index (χ3n) is 3.03. The number of carbonyl (C=O) groups is 1. The van der Waals surface area contributed by atoms with Gasteiger partial charge in [-0.1, -0.05) is 35.7 Å². The predicted molar refractivity (Wildman–Crippen MR) is 79.7 cm³/mol. The van der Waals surface area contributed by atoms with E-state index in [2.05, 4.69) is 28.2 Å². The molecule has 0 fully saturated rings. The van der Waals surface area contributed by atoms with E-state index in [4.69, 9.17) is 5.73 Å². The van der Waals surface area contributed by atoms with Gasteiger partial charge >= 0.3 is 0 Å². The third kappa shape index (κ3) is 4.02. The van der Waals surface area contributed by atoms with Gasteiger partial charge in [-0.15, -0.1) is 0 Å². The molecular formula is C14H21BrN2O. The van der Waals surface area contributed by atoms with Crippen molar-refractivity contribution in [3.63, 3.8) is 0 Å². The summed E-state index contributed by atoms with van der Waals surface area (Å²) < 4.78 is 0.831. The monoisotopic (exact) mass is 312 g/mol. The summed E-state index contributed by atoms with van der Waals surface area (Å²) in [6.45, 7) is 6.05. The van der Waals surface area contributed by atoms with E-state index in [1.807, 2.05) is 26.0 Å². The van der Waals surface area contributed by atoms with Crippen LogP contribution in [0.1, 0.15) is 49.0 Å². The Morgan fingerprint density at radius 1 is 1.50 bits per heavy atom. The molecule has 0 aromatic heterocycles. The van der Waals surface area contributed by atoms with E-state index < -0.39 is 0 Å². The van der Waals surface area contributed by atoms with Crippen LogP contribution in [0.4, 0.5) is 5.69 Å². The minimum Gasteiger partial charge on any atom is -0.398 e. The molecular weight excluding hydrogens is 292 g/mol. The number of anilines is 1. The summed E-state index contributed by atoms with van der Waals surface area (Å²) in [7, 11) is 0. The van der Waals surface area contributed by atoms with Gasteiger partial charge in [0.05, 0.1) is 0 Å². The van der Waals surface area contributed by atoms with Crippen LogP contribution in [0, 0.1) is 6.92 Å². The SMILES string of the molecule is CCCCC(C)NC(=O)c1cc(Br)cc(N)c1C. The minimum absolute atomic E-state index is 0.0518. The Morgan fingerprint density at radius 2 is 2.17 bits per heavy atom. The Hall–Kier alpha value is -1.03. The molecule has 0 saturated carbocycles. The van der Waals surface area contributed by atoms with Gasteiger partial charge in [0.15, 0.2) is 0 Å². The van der Waals surface area contributed by atoms with Crippen molar-refractivity contribution in [3.8, 4) is 0 Å². The predicted octanol–water partition coefficient (Wildman–Crippen LogP) is 3.65. The molecule has 100 valence electrons. The number of carbonyl (C=O) groups excluding carboxylic acids is 1. The maximum Gasteiger partial charge on any atom is 0.251 e. The Balaban J connectivity index is 2.78. The number of nitrogens with one attached hydrogen (secondary N) is 1. The first-order valence-electron chi connectivity index (χ1n) is 6.32. The number of halogens is 1. The number of hydrogen-bond donors (Lipinski definition) is 2. The third-order valence-corrected chi connectivity index (χ3v) is 3.48. The van der Waals surface area contributed by atoms with E-state index in [1.54, 1.807) is 0 Å². The molecule has 18 heavy (non-hydrogen) atoms. The average Bonchev–Trinajstić information content (AvgIpc) is 2.30. The zero-order valence-corrected chi connectivity index (χ0v) is 12.8. The van der Waals surface area contributed by atoms with Crippen molar-refractivity contribution in [1.29, 1.82) is 0 Å². The Morgan fingerprint density at radius 3 is 2.78 bits per heavy atom. The highest BCUT2D eigenvalue weighted by atomic mass is 79.9. The van der Waals surface area contributed by atoms with Gasteiger partial charge in [-0.2, -0.15) is 0 Å². The molecule has 1 unspecified atom stereocenters. The molecule has 1 aromatic carbocycles. The van der Waals surface area contributed by atoms with Gasteiger partial charge < -0.3 is 11.1 Å². The van der Waals surface area contributed by atoms with Crippen molar-refractivity contribution in [1.82, 2.24) is 5.32 Å². The summed E-state index contributed by atoms with van der Waals surface area (Å²) in [5.41, 5.74) is 7.97. The first-order chi connectivity index (χ1) is 8.45. The van der Waals surface area contributed by atoms with E-state index >= 15 is 0 Å². The molecule has 0 radical (unpaired) electrons. The summed E-state index contributed by atoms with van der Waals surface area (Å²) in [5.74, 6) is -0.0518. The number of nitrogens with two attached hydrogens (primary N) is 1. The standard InChI is InChI=1S/C14H21BrN2O/c1-4-5-6-9(2)17-14(18)12-7-11(15)8-13(16)10(12)3/h7-9H,4-6,16H2,1-3H3,(H,17,18). The second-order valence-electron chi connectivity index (χ2n) is 4.68. The average molecular weight is 313 g/mol. The first kappa shape index (κ1) is 15.0. The Kier molecular flexibility index (Phi) is 5.66. The lowest BCUT2D eigenvalue weighted by atomic mass is 10.1. The van der Waals surface area contributed by atoms with E-state index in [9.17, 15) is 4.79 Å².